The Morgan fingerprint density at radius 3 is 2.61 bits per heavy atom. The van der Waals surface area contributed by atoms with Crippen molar-refractivity contribution in [3.05, 3.63) is 65.5 Å². The van der Waals surface area contributed by atoms with Crippen LogP contribution in [0.1, 0.15) is 19.8 Å². The topological polar surface area (TPSA) is 52.7 Å². The van der Waals surface area contributed by atoms with Crippen LogP contribution in [-0.4, -0.2) is 24.8 Å². The van der Waals surface area contributed by atoms with E-state index in [1.165, 1.54) is 0 Å². The number of halogens is 2. The first kappa shape index (κ1) is 18.2. The lowest BCUT2D eigenvalue weighted by Crippen LogP contribution is -2.40. The van der Waals surface area contributed by atoms with Crippen LogP contribution in [0, 0.1) is 11.6 Å². The summed E-state index contributed by atoms with van der Waals surface area (Å²) in [5.41, 5.74) is 1.71. The Labute approximate surface area is 161 Å². The van der Waals surface area contributed by atoms with Gasteiger partial charge in [0, 0.05) is 25.6 Å². The van der Waals surface area contributed by atoms with Crippen molar-refractivity contribution >= 4 is 28.8 Å². The molecule has 0 spiro atoms. The van der Waals surface area contributed by atoms with Gasteiger partial charge < -0.3 is 15.1 Å². The molecule has 5 nitrogen and oxygen atoms in total. The molecular weight excluding hydrogens is 364 g/mol. The molecule has 1 amide bonds. The summed E-state index contributed by atoms with van der Waals surface area (Å²) in [6.45, 7) is 3.13. The normalized spacial score (nSPS) is 15.6. The van der Waals surface area contributed by atoms with Crippen LogP contribution in [0.2, 0.25) is 0 Å². The highest BCUT2D eigenvalue weighted by molar-refractivity contribution is 6.25. The van der Waals surface area contributed by atoms with E-state index in [-0.39, 0.29) is 23.5 Å². The van der Waals surface area contributed by atoms with Gasteiger partial charge in [-0.3, -0.25) is 9.59 Å². The van der Waals surface area contributed by atoms with Crippen molar-refractivity contribution in [3.63, 3.8) is 0 Å². The van der Waals surface area contributed by atoms with Crippen LogP contribution >= 0.6 is 0 Å². The first-order chi connectivity index (χ1) is 13.5. The summed E-state index contributed by atoms with van der Waals surface area (Å²) >= 11 is 0. The highest BCUT2D eigenvalue weighted by atomic mass is 19.1. The van der Waals surface area contributed by atoms with E-state index in [0.29, 0.717) is 25.0 Å². The number of hydrogen-bond donors (Lipinski definition) is 1. The Bertz CT molecular complexity index is 1000. The molecule has 28 heavy (non-hydrogen) atoms. The molecule has 0 unspecified atom stereocenters. The monoisotopic (exact) mass is 383 g/mol. The standard InChI is InChI=1S/C21H19F2N3O2/c1-2-10-25-16-5-3-4-6-17(16)26-11-9-18(27)19(21(25)26)20(28)24-15-8-7-13(22)12-14(15)23/h3-8,12H,2,9-11H2,1H3,(H,24,28). The van der Waals surface area contributed by atoms with Gasteiger partial charge in [0.15, 0.2) is 5.78 Å². The fraction of sp³-hybridized carbons (Fsp3) is 0.238. The van der Waals surface area contributed by atoms with Crippen molar-refractivity contribution in [1.29, 1.82) is 0 Å². The van der Waals surface area contributed by atoms with E-state index in [1.807, 2.05) is 41.0 Å². The molecule has 2 aromatic carbocycles. The molecule has 144 valence electrons. The quantitative estimate of drug-likeness (QED) is 0.816. The number of anilines is 3. The van der Waals surface area contributed by atoms with Crippen molar-refractivity contribution < 1.29 is 18.4 Å². The van der Waals surface area contributed by atoms with E-state index < -0.39 is 17.5 Å². The lowest BCUT2D eigenvalue weighted by atomic mass is 10.0. The maximum atomic E-state index is 14.0. The van der Waals surface area contributed by atoms with Crippen molar-refractivity contribution in [2.24, 2.45) is 0 Å². The predicted molar refractivity (Wildman–Crippen MR) is 103 cm³/mol. The zero-order valence-electron chi connectivity index (χ0n) is 15.3. The molecule has 0 aliphatic carbocycles. The SMILES string of the molecule is CCCN1C2=C(C(=O)Nc3ccc(F)cc3F)C(=O)CCN2c2ccccc21. The number of carbonyl (C=O) groups is 2. The highest BCUT2D eigenvalue weighted by Gasteiger charge is 2.40. The summed E-state index contributed by atoms with van der Waals surface area (Å²) < 4.78 is 27.1. The number of para-hydroxylation sites is 2. The number of nitrogens with zero attached hydrogens (tertiary/aromatic N) is 2. The maximum Gasteiger partial charge on any atom is 0.263 e. The molecule has 0 fully saturated rings. The predicted octanol–water partition coefficient (Wildman–Crippen LogP) is 3.82. The summed E-state index contributed by atoms with van der Waals surface area (Å²) in [6, 6.07) is 10.6. The molecule has 0 aromatic heterocycles. The molecule has 0 bridgehead atoms. The number of ketones is 1. The zero-order valence-corrected chi connectivity index (χ0v) is 15.3. The molecule has 2 aromatic rings. The number of amides is 1. The number of nitrogens with one attached hydrogen (secondary N) is 1. The summed E-state index contributed by atoms with van der Waals surface area (Å²) in [5.74, 6) is -2.08. The Hall–Kier alpha value is -3.22. The van der Waals surface area contributed by atoms with Gasteiger partial charge >= 0.3 is 0 Å². The summed E-state index contributed by atoms with van der Waals surface area (Å²) in [5, 5.41) is 2.43. The second kappa shape index (κ2) is 7.07. The van der Waals surface area contributed by atoms with Crippen LogP contribution in [0.5, 0.6) is 0 Å². The van der Waals surface area contributed by atoms with E-state index in [0.717, 1.165) is 29.9 Å². The molecule has 1 N–H and O–H groups in total. The van der Waals surface area contributed by atoms with Crippen LogP contribution in [0.25, 0.3) is 0 Å². The first-order valence-electron chi connectivity index (χ1n) is 9.19. The van der Waals surface area contributed by atoms with Gasteiger partial charge in [0.1, 0.15) is 23.0 Å². The molecule has 0 radical (unpaired) electrons. The fourth-order valence-corrected chi connectivity index (χ4v) is 3.71. The van der Waals surface area contributed by atoms with Crippen molar-refractivity contribution in [1.82, 2.24) is 0 Å². The van der Waals surface area contributed by atoms with E-state index in [2.05, 4.69) is 5.32 Å². The van der Waals surface area contributed by atoms with Crippen LogP contribution in [0.15, 0.2) is 53.9 Å². The molecule has 0 atom stereocenters. The van der Waals surface area contributed by atoms with E-state index in [4.69, 9.17) is 0 Å². The average molecular weight is 383 g/mol. The smallest absolute Gasteiger partial charge is 0.263 e. The Morgan fingerprint density at radius 1 is 1.14 bits per heavy atom. The minimum absolute atomic E-state index is 0.000347. The summed E-state index contributed by atoms with van der Waals surface area (Å²) in [4.78, 5) is 29.6. The molecule has 4 rings (SSSR count). The number of Topliss-reactive ketones (excluding diaryl/α,β-unsaturated/α-hetero) is 1. The van der Waals surface area contributed by atoms with Crippen molar-refractivity contribution in [2.45, 2.75) is 19.8 Å². The highest BCUT2D eigenvalue weighted by Crippen LogP contribution is 2.44. The maximum absolute atomic E-state index is 14.0. The van der Waals surface area contributed by atoms with Gasteiger partial charge in [-0.25, -0.2) is 8.78 Å². The zero-order chi connectivity index (χ0) is 19.8. The van der Waals surface area contributed by atoms with Crippen molar-refractivity contribution in [3.8, 4) is 0 Å². The van der Waals surface area contributed by atoms with Gasteiger partial charge in [-0.05, 0) is 30.7 Å². The van der Waals surface area contributed by atoms with Gasteiger partial charge in [-0.15, -0.1) is 0 Å². The molecular formula is C21H19F2N3O2. The van der Waals surface area contributed by atoms with Gasteiger partial charge in [0.2, 0.25) is 0 Å². The van der Waals surface area contributed by atoms with Gasteiger partial charge in [0.25, 0.3) is 5.91 Å². The van der Waals surface area contributed by atoms with E-state index in [1.54, 1.807) is 0 Å². The first-order valence-corrected chi connectivity index (χ1v) is 9.19. The average Bonchev–Trinajstić information content (AvgIpc) is 2.98. The van der Waals surface area contributed by atoms with Crippen LogP contribution < -0.4 is 15.1 Å². The van der Waals surface area contributed by atoms with E-state index in [9.17, 15) is 18.4 Å². The molecule has 0 saturated carbocycles. The van der Waals surface area contributed by atoms with Crippen LogP contribution in [-0.2, 0) is 9.59 Å². The third-order valence-electron chi connectivity index (χ3n) is 4.89. The van der Waals surface area contributed by atoms with Crippen LogP contribution in [0.4, 0.5) is 25.8 Å². The summed E-state index contributed by atoms with van der Waals surface area (Å²) in [7, 11) is 0. The molecule has 0 saturated heterocycles. The second-order valence-corrected chi connectivity index (χ2v) is 6.74. The molecule has 2 aliphatic heterocycles. The number of fused-ring (bicyclic) bond motifs is 3. The number of carbonyl (C=O) groups excluding carboxylic acids is 2. The van der Waals surface area contributed by atoms with Gasteiger partial charge in [-0.1, -0.05) is 19.1 Å². The Balaban J connectivity index is 1.78. The molecule has 2 aliphatic rings. The summed E-state index contributed by atoms with van der Waals surface area (Å²) in [6.07, 6.45) is 1.01. The number of hydrogen-bond acceptors (Lipinski definition) is 4. The Morgan fingerprint density at radius 2 is 1.89 bits per heavy atom. The van der Waals surface area contributed by atoms with Crippen LogP contribution in [0.3, 0.4) is 0 Å². The van der Waals surface area contributed by atoms with Gasteiger partial charge in [0.05, 0.1) is 17.1 Å². The third-order valence-corrected chi connectivity index (χ3v) is 4.89. The number of benzene rings is 2. The third kappa shape index (κ3) is 2.93. The fourth-order valence-electron chi connectivity index (χ4n) is 3.71. The van der Waals surface area contributed by atoms with Crippen molar-refractivity contribution in [2.75, 3.05) is 28.2 Å². The lowest BCUT2D eigenvalue weighted by molar-refractivity contribution is -0.120. The minimum Gasteiger partial charge on any atom is -0.325 e. The largest absolute Gasteiger partial charge is 0.325 e. The Kier molecular flexibility index (Phi) is 4.58. The second-order valence-electron chi connectivity index (χ2n) is 6.74. The number of rotatable bonds is 4. The molecule has 7 heteroatoms. The minimum atomic E-state index is -0.890. The molecule has 2 heterocycles. The van der Waals surface area contributed by atoms with Gasteiger partial charge in [-0.2, -0.15) is 0 Å². The van der Waals surface area contributed by atoms with E-state index >= 15 is 0 Å². The lowest BCUT2D eigenvalue weighted by Gasteiger charge is -2.30.